The molecule has 1 amide bonds. The second-order valence-electron chi connectivity index (χ2n) is 6.45. The lowest BCUT2D eigenvalue weighted by molar-refractivity contribution is 0.102. The molecule has 0 aliphatic heterocycles. The number of carbonyl (C=O) groups is 1. The first-order chi connectivity index (χ1) is 12.5. The predicted molar refractivity (Wildman–Crippen MR) is 105 cm³/mol. The van der Waals surface area contributed by atoms with Crippen LogP contribution in [-0.2, 0) is 12.8 Å². The molecule has 4 rings (SSSR count). The second-order valence-corrected chi connectivity index (χ2v) is 7.30. The summed E-state index contributed by atoms with van der Waals surface area (Å²) in [5.74, 6) is -0.266. The van der Waals surface area contributed by atoms with E-state index < -0.39 is 0 Å². The maximum atomic E-state index is 12.8. The van der Waals surface area contributed by atoms with E-state index in [0.717, 1.165) is 36.2 Å². The second kappa shape index (κ2) is 6.78. The minimum atomic E-state index is -0.266. The molecule has 2 aromatic carbocycles. The Morgan fingerprint density at radius 1 is 1.12 bits per heavy atom. The summed E-state index contributed by atoms with van der Waals surface area (Å²) in [7, 11) is 0. The van der Waals surface area contributed by atoms with Crippen molar-refractivity contribution in [1.29, 1.82) is 0 Å². The summed E-state index contributed by atoms with van der Waals surface area (Å²) in [6.07, 6.45) is 2.80. The molecule has 1 aliphatic rings. The molecule has 0 unspecified atom stereocenters. The number of nitrogens with one attached hydrogen (secondary N) is 1. The molecule has 0 spiro atoms. The molecule has 1 aliphatic carbocycles. The highest BCUT2D eigenvalue weighted by Crippen LogP contribution is 2.30. The smallest absolute Gasteiger partial charge is 0.276 e. The molecule has 0 atom stereocenters. The van der Waals surface area contributed by atoms with Gasteiger partial charge in [-0.25, -0.2) is 4.68 Å². The molecule has 3 aromatic rings. The summed E-state index contributed by atoms with van der Waals surface area (Å²) in [4.78, 5) is 12.8. The molecule has 4 nitrogen and oxygen atoms in total. The van der Waals surface area contributed by atoms with Crippen LogP contribution in [0.3, 0.4) is 0 Å². The van der Waals surface area contributed by atoms with E-state index in [1.54, 1.807) is 18.2 Å². The first-order valence-corrected chi connectivity index (χ1v) is 9.23. The van der Waals surface area contributed by atoms with Gasteiger partial charge >= 0.3 is 0 Å². The van der Waals surface area contributed by atoms with Gasteiger partial charge in [0.2, 0.25) is 0 Å². The average molecular weight is 386 g/mol. The lowest BCUT2D eigenvalue weighted by Gasteiger charge is -2.07. The van der Waals surface area contributed by atoms with Gasteiger partial charge in [-0.3, -0.25) is 4.79 Å². The van der Waals surface area contributed by atoms with Gasteiger partial charge in [0.1, 0.15) is 0 Å². The Bertz CT molecular complexity index is 993. The SMILES string of the molecule is Cc1ccc(-n2nc(C(=O)Nc3cc(Cl)ccc3Cl)c3c2CCC3)cc1. The summed E-state index contributed by atoms with van der Waals surface area (Å²) >= 11 is 12.2. The number of fused-ring (bicyclic) bond motifs is 1. The largest absolute Gasteiger partial charge is 0.319 e. The van der Waals surface area contributed by atoms with Crippen LogP contribution in [0.15, 0.2) is 42.5 Å². The third-order valence-corrected chi connectivity index (χ3v) is 5.17. The Labute approximate surface area is 161 Å². The molecular weight excluding hydrogens is 369 g/mol. The van der Waals surface area contributed by atoms with Gasteiger partial charge < -0.3 is 5.32 Å². The molecule has 0 fully saturated rings. The first kappa shape index (κ1) is 17.1. The minimum Gasteiger partial charge on any atom is -0.319 e. The number of nitrogens with zero attached hydrogens (tertiary/aromatic N) is 2. The van der Waals surface area contributed by atoms with Crippen LogP contribution >= 0.6 is 23.2 Å². The van der Waals surface area contributed by atoms with Gasteiger partial charge in [-0.15, -0.1) is 0 Å². The van der Waals surface area contributed by atoms with Crippen LogP contribution in [0.5, 0.6) is 0 Å². The predicted octanol–water partition coefficient (Wildman–Crippen LogP) is 5.23. The third-order valence-electron chi connectivity index (χ3n) is 4.60. The van der Waals surface area contributed by atoms with Gasteiger partial charge in [0, 0.05) is 16.3 Å². The number of halogens is 2. The fourth-order valence-corrected chi connectivity index (χ4v) is 3.63. The molecule has 0 bridgehead atoms. The number of benzene rings is 2. The topological polar surface area (TPSA) is 46.9 Å². The molecule has 1 aromatic heterocycles. The van der Waals surface area contributed by atoms with Crippen LogP contribution in [0.25, 0.3) is 5.69 Å². The molecule has 0 radical (unpaired) electrons. The first-order valence-electron chi connectivity index (χ1n) is 8.47. The highest BCUT2D eigenvalue weighted by atomic mass is 35.5. The quantitative estimate of drug-likeness (QED) is 0.670. The van der Waals surface area contributed by atoms with Crippen molar-refractivity contribution in [3.63, 3.8) is 0 Å². The van der Waals surface area contributed by atoms with Crippen molar-refractivity contribution in [2.45, 2.75) is 26.2 Å². The highest BCUT2D eigenvalue weighted by Gasteiger charge is 2.27. The number of rotatable bonds is 3. The number of hydrogen-bond donors (Lipinski definition) is 1. The van der Waals surface area contributed by atoms with E-state index in [2.05, 4.69) is 10.4 Å². The van der Waals surface area contributed by atoms with Gasteiger partial charge in [-0.05, 0) is 56.5 Å². The van der Waals surface area contributed by atoms with Crippen LogP contribution in [0.2, 0.25) is 10.0 Å². The third kappa shape index (κ3) is 3.11. The van der Waals surface area contributed by atoms with E-state index in [-0.39, 0.29) is 5.91 Å². The van der Waals surface area contributed by atoms with E-state index in [1.807, 2.05) is 35.9 Å². The number of aromatic nitrogens is 2. The highest BCUT2D eigenvalue weighted by molar-refractivity contribution is 6.35. The van der Waals surface area contributed by atoms with Crippen LogP contribution in [0, 0.1) is 6.92 Å². The van der Waals surface area contributed by atoms with Crippen molar-refractivity contribution in [3.8, 4) is 5.69 Å². The fourth-order valence-electron chi connectivity index (χ4n) is 3.29. The lowest BCUT2D eigenvalue weighted by atomic mass is 10.2. The molecule has 6 heteroatoms. The van der Waals surface area contributed by atoms with E-state index in [4.69, 9.17) is 23.2 Å². The number of carbonyl (C=O) groups excluding carboxylic acids is 1. The van der Waals surface area contributed by atoms with Crippen molar-refractivity contribution >= 4 is 34.8 Å². The van der Waals surface area contributed by atoms with Crippen molar-refractivity contribution in [2.75, 3.05) is 5.32 Å². The molecule has 0 saturated carbocycles. The zero-order valence-electron chi connectivity index (χ0n) is 14.2. The van der Waals surface area contributed by atoms with E-state index in [0.29, 0.717) is 21.4 Å². The number of hydrogen-bond acceptors (Lipinski definition) is 2. The maximum absolute atomic E-state index is 12.8. The normalized spacial score (nSPS) is 12.9. The minimum absolute atomic E-state index is 0.266. The summed E-state index contributed by atoms with van der Waals surface area (Å²) < 4.78 is 1.89. The van der Waals surface area contributed by atoms with Crippen molar-refractivity contribution < 1.29 is 4.79 Å². The zero-order valence-corrected chi connectivity index (χ0v) is 15.7. The number of anilines is 1. The van der Waals surface area contributed by atoms with E-state index in [1.165, 1.54) is 5.56 Å². The summed E-state index contributed by atoms with van der Waals surface area (Å²) in [6, 6.07) is 13.1. The zero-order chi connectivity index (χ0) is 18.3. The fraction of sp³-hybridized carbons (Fsp3) is 0.200. The van der Waals surface area contributed by atoms with Crippen LogP contribution in [0.1, 0.15) is 33.7 Å². The Morgan fingerprint density at radius 3 is 2.65 bits per heavy atom. The maximum Gasteiger partial charge on any atom is 0.276 e. The van der Waals surface area contributed by atoms with E-state index in [9.17, 15) is 4.79 Å². The van der Waals surface area contributed by atoms with Gasteiger partial charge in [0.15, 0.2) is 5.69 Å². The summed E-state index contributed by atoms with van der Waals surface area (Å²) in [5, 5.41) is 8.40. The van der Waals surface area contributed by atoms with Crippen LogP contribution in [0.4, 0.5) is 5.69 Å². The Kier molecular flexibility index (Phi) is 4.47. The molecule has 26 heavy (non-hydrogen) atoms. The number of amides is 1. The Hall–Kier alpha value is -2.30. The molecular formula is C20H17Cl2N3O. The molecule has 0 saturated heterocycles. The van der Waals surface area contributed by atoms with Gasteiger partial charge in [-0.1, -0.05) is 40.9 Å². The van der Waals surface area contributed by atoms with Crippen LogP contribution in [-0.4, -0.2) is 15.7 Å². The molecule has 132 valence electrons. The van der Waals surface area contributed by atoms with Gasteiger partial charge in [-0.2, -0.15) is 5.10 Å². The van der Waals surface area contributed by atoms with Crippen molar-refractivity contribution in [1.82, 2.24) is 9.78 Å². The Balaban J connectivity index is 1.71. The van der Waals surface area contributed by atoms with Gasteiger partial charge in [0.25, 0.3) is 5.91 Å². The van der Waals surface area contributed by atoms with Crippen molar-refractivity contribution in [3.05, 3.63) is 75.0 Å². The Morgan fingerprint density at radius 2 is 1.88 bits per heavy atom. The van der Waals surface area contributed by atoms with Gasteiger partial charge in [0.05, 0.1) is 16.4 Å². The lowest BCUT2D eigenvalue weighted by Crippen LogP contribution is -2.15. The van der Waals surface area contributed by atoms with E-state index >= 15 is 0 Å². The summed E-state index contributed by atoms with van der Waals surface area (Å²) in [5.41, 5.74) is 5.21. The average Bonchev–Trinajstić information content (AvgIpc) is 3.21. The monoisotopic (exact) mass is 385 g/mol. The van der Waals surface area contributed by atoms with Crippen LogP contribution < -0.4 is 5.32 Å². The molecule has 1 heterocycles. The molecule has 1 N–H and O–H groups in total. The summed E-state index contributed by atoms with van der Waals surface area (Å²) in [6.45, 7) is 2.05. The number of aryl methyl sites for hydroxylation is 1. The van der Waals surface area contributed by atoms with Crippen molar-refractivity contribution in [2.24, 2.45) is 0 Å². The standard InChI is InChI=1S/C20H17Cl2N3O/c1-12-5-8-14(9-6-12)25-18-4-2-3-15(18)19(24-25)20(26)23-17-11-13(21)7-10-16(17)22/h5-11H,2-4H2,1H3,(H,23,26).